The number of hydrogen-bond acceptors (Lipinski definition) is 3. The van der Waals surface area contributed by atoms with E-state index in [0.717, 1.165) is 5.56 Å². The number of guanidine groups is 1. The molecule has 0 spiro atoms. The molecule has 0 bridgehead atoms. The largest absolute Gasteiger partial charge is 0.356 e. The highest BCUT2D eigenvalue weighted by molar-refractivity contribution is 7.92. The fourth-order valence-corrected chi connectivity index (χ4v) is 3.13. The maximum Gasteiger partial charge on any atom is 0.191 e. The van der Waals surface area contributed by atoms with Crippen LogP contribution < -0.4 is 10.6 Å². The van der Waals surface area contributed by atoms with Crippen LogP contribution in [0.1, 0.15) is 40.2 Å². The van der Waals surface area contributed by atoms with Gasteiger partial charge in [0, 0.05) is 25.6 Å². The van der Waals surface area contributed by atoms with Crippen molar-refractivity contribution >= 4 is 15.8 Å². The van der Waals surface area contributed by atoms with Gasteiger partial charge < -0.3 is 10.6 Å². The molecule has 0 heterocycles. The van der Waals surface area contributed by atoms with Crippen LogP contribution in [0.3, 0.4) is 0 Å². The summed E-state index contributed by atoms with van der Waals surface area (Å²) in [6.07, 6.45) is 0. The third-order valence-electron chi connectivity index (χ3n) is 4.12. The SMILES string of the molecule is CN=C(NCCS(=O)(=O)C(C)(C)C)NCC(C)(C)c1cccc(F)c1. The lowest BCUT2D eigenvalue weighted by atomic mass is 9.84. The van der Waals surface area contributed by atoms with Gasteiger partial charge in [-0.3, -0.25) is 4.99 Å². The number of nitrogens with zero attached hydrogens (tertiary/aromatic N) is 1. The van der Waals surface area contributed by atoms with Crippen molar-refractivity contribution in [2.75, 3.05) is 25.9 Å². The number of aliphatic imine (C=N–C) groups is 1. The number of hydrogen-bond donors (Lipinski definition) is 2. The number of halogens is 1. The van der Waals surface area contributed by atoms with Crippen LogP contribution >= 0.6 is 0 Å². The Morgan fingerprint density at radius 2 is 1.80 bits per heavy atom. The summed E-state index contributed by atoms with van der Waals surface area (Å²) in [4.78, 5) is 4.11. The van der Waals surface area contributed by atoms with E-state index in [0.29, 0.717) is 12.5 Å². The quantitative estimate of drug-likeness (QED) is 0.595. The number of nitrogens with one attached hydrogen (secondary N) is 2. The van der Waals surface area contributed by atoms with Crippen LogP contribution in [0.15, 0.2) is 29.3 Å². The molecule has 1 rings (SSSR count). The van der Waals surface area contributed by atoms with Gasteiger partial charge in [-0.25, -0.2) is 12.8 Å². The summed E-state index contributed by atoms with van der Waals surface area (Å²) in [6, 6.07) is 6.52. The van der Waals surface area contributed by atoms with Crippen LogP contribution in [-0.2, 0) is 15.3 Å². The fraction of sp³-hybridized carbons (Fsp3) is 0.611. The molecule has 0 aromatic heterocycles. The predicted molar refractivity (Wildman–Crippen MR) is 102 cm³/mol. The summed E-state index contributed by atoms with van der Waals surface area (Å²) < 4.78 is 36.9. The van der Waals surface area contributed by atoms with Crippen molar-refractivity contribution in [3.8, 4) is 0 Å². The van der Waals surface area contributed by atoms with Crippen LogP contribution in [0.5, 0.6) is 0 Å². The Labute approximate surface area is 151 Å². The molecule has 1 aromatic carbocycles. The van der Waals surface area contributed by atoms with Gasteiger partial charge in [-0.1, -0.05) is 26.0 Å². The number of sulfone groups is 1. The summed E-state index contributed by atoms with van der Waals surface area (Å²) in [5.74, 6) is 0.291. The minimum atomic E-state index is -3.18. The average Bonchev–Trinajstić information content (AvgIpc) is 2.49. The van der Waals surface area contributed by atoms with Crippen molar-refractivity contribution in [1.29, 1.82) is 0 Å². The predicted octanol–water partition coefficient (Wildman–Crippen LogP) is 2.48. The normalized spacial score (nSPS) is 13.6. The molecule has 0 radical (unpaired) electrons. The molecule has 5 nitrogen and oxygen atoms in total. The Balaban J connectivity index is 2.60. The first-order valence-electron chi connectivity index (χ1n) is 8.32. The van der Waals surface area contributed by atoms with Gasteiger partial charge in [0.15, 0.2) is 15.8 Å². The highest BCUT2D eigenvalue weighted by atomic mass is 32.2. The minimum Gasteiger partial charge on any atom is -0.356 e. The molecule has 0 aliphatic carbocycles. The summed E-state index contributed by atoms with van der Waals surface area (Å²) in [5.41, 5.74) is 0.572. The third kappa shape index (κ3) is 6.30. The van der Waals surface area contributed by atoms with Gasteiger partial charge in [0.05, 0.1) is 10.5 Å². The van der Waals surface area contributed by atoms with Crippen molar-refractivity contribution in [2.24, 2.45) is 4.99 Å². The molecule has 0 fully saturated rings. The lowest BCUT2D eigenvalue weighted by molar-refractivity contribution is 0.503. The highest BCUT2D eigenvalue weighted by Crippen LogP contribution is 2.22. The molecule has 0 saturated heterocycles. The zero-order chi connectivity index (χ0) is 19.3. The van der Waals surface area contributed by atoms with E-state index < -0.39 is 14.6 Å². The minimum absolute atomic E-state index is 0.0322. The average molecular weight is 372 g/mol. The second kappa shape index (κ2) is 8.17. The topological polar surface area (TPSA) is 70.6 Å². The van der Waals surface area contributed by atoms with Crippen molar-refractivity contribution in [3.63, 3.8) is 0 Å². The molecule has 0 aliphatic heterocycles. The molecule has 0 unspecified atom stereocenters. The Kier molecular flexibility index (Phi) is 6.99. The first kappa shape index (κ1) is 21.4. The maximum atomic E-state index is 13.4. The molecule has 0 aliphatic rings. The van der Waals surface area contributed by atoms with E-state index in [1.807, 2.05) is 19.9 Å². The van der Waals surface area contributed by atoms with E-state index in [4.69, 9.17) is 0 Å². The van der Waals surface area contributed by atoms with E-state index in [1.54, 1.807) is 33.9 Å². The molecule has 0 amide bonds. The fourth-order valence-electron chi connectivity index (χ4n) is 2.15. The molecule has 142 valence electrons. The van der Waals surface area contributed by atoms with Crippen LogP contribution in [0, 0.1) is 5.82 Å². The van der Waals surface area contributed by atoms with E-state index in [9.17, 15) is 12.8 Å². The van der Waals surface area contributed by atoms with E-state index in [2.05, 4.69) is 15.6 Å². The molecule has 2 N–H and O–H groups in total. The lowest BCUT2D eigenvalue weighted by Gasteiger charge is -2.27. The number of rotatable bonds is 6. The van der Waals surface area contributed by atoms with Gasteiger partial charge in [-0.2, -0.15) is 0 Å². The standard InChI is InChI=1S/C18H30FN3O2S/c1-17(2,3)25(23,24)11-10-21-16(20-6)22-13-18(4,5)14-8-7-9-15(19)12-14/h7-9,12H,10-11,13H2,1-6H3,(H2,20,21,22). The summed E-state index contributed by atoms with van der Waals surface area (Å²) in [5, 5.41) is 6.19. The van der Waals surface area contributed by atoms with Crippen molar-refractivity contribution in [2.45, 2.75) is 44.8 Å². The molecule has 25 heavy (non-hydrogen) atoms. The molecule has 0 atom stereocenters. The van der Waals surface area contributed by atoms with Crippen LogP contribution in [-0.4, -0.2) is 45.0 Å². The first-order valence-corrected chi connectivity index (χ1v) is 9.97. The smallest absolute Gasteiger partial charge is 0.191 e. The van der Waals surface area contributed by atoms with E-state index in [1.165, 1.54) is 12.1 Å². The van der Waals surface area contributed by atoms with Crippen molar-refractivity contribution in [3.05, 3.63) is 35.6 Å². The van der Waals surface area contributed by atoms with Crippen molar-refractivity contribution < 1.29 is 12.8 Å². The monoisotopic (exact) mass is 371 g/mol. The van der Waals surface area contributed by atoms with Crippen LogP contribution in [0.4, 0.5) is 4.39 Å². The van der Waals surface area contributed by atoms with Crippen LogP contribution in [0.25, 0.3) is 0 Å². The van der Waals surface area contributed by atoms with Gasteiger partial charge in [0.25, 0.3) is 0 Å². The maximum absolute atomic E-state index is 13.4. The third-order valence-corrected chi connectivity index (χ3v) is 6.73. The highest BCUT2D eigenvalue weighted by Gasteiger charge is 2.28. The Morgan fingerprint density at radius 3 is 2.32 bits per heavy atom. The first-order chi connectivity index (χ1) is 11.4. The Hall–Kier alpha value is -1.63. The molecular weight excluding hydrogens is 341 g/mol. The molecule has 7 heteroatoms. The van der Waals surface area contributed by atoms with Gasteiger partial charge in [0.2, 0.25) is 0 Å². The zero-order valence-electron chi connectivity index (χ0n) is 16.0. The molecule has 1 aromatic rings. The second-order valence-electron chi connectivity index (χ2n) is 7.68. The Bertz CT molecular complexity index is 707. The summed E-state index contributed by atoms with van der Waals surface area (Å²) in [6.45, 7) is 9.89. The zero-order valence-corrected chi connectivity index (χ0v) is 16.8. The summed E-state index contributed by atoms with van der Waals surface area (Å²) >= 11 is 0. The van der Waals surface area contributed by atoms with E-state index >= 15 is 0 Å². The van der Waals surface area contributed by atoms with Gasteiger partial charge >= 0.3 is 0 Å². The molecule has 0 saturated carbocycles. The number of benzene rings is 1. The van der Waals surface area contributed by atoms with Gasteiger partial charge in [-0.15, -0.1) is 0 Å². The second-order valence-corrected chi connectivity index (χ2v) is 10.5. The van der Waals surface area contributed by atoms with E-state index in [-0.39, 0.29) is 23.5 Å². The van der Waals surface area contributed by atoms with Crippen molar-refractivity contribution in [1.82, 2.24) is 10.6 Å². The van der Waals surface area contributed by atoms with Gasteiger partial charge in [-0.05, 0) is 38.5 Å². The summed E-state index contributed by atoms with van der Waals surface area (Å²) in [7, 11) is -1.55. The van der Waals surface area contributed by atoms with Gasteiger partial charge in [0.1, 0.15) is 5.82 Å². The lowest BCUT2D eigenvalue weighted by Crippen LogP contribution is -2.45. The van der Waals surface area contributed by atoms with Crippen LogP contribution in [0.2, 0.25) is 0 Å². The molecular formula is C18H30FN3O2S. The Morgan fingerprint density at radius 1 is 1.16 bits per heavy atom.